The summed E-state index contributed by atoms with van der Waals surface area (Å²) in [6, 6.07) is 0. The van der Waals surface area contributed by atoms with Crippen molar-refractivity contribution in [1.82, 2.24) is 4.90 Å². The maximum Gasteiger partial charge on any atom is 0.0589 e. The van der Waals surface area contributed by atoms with E-state index >= 15 is 0 Å². The Labute approximate surface area is 83.3 Å². The van der Waals surface area contributed by atoms with Gasteiger partial charge in [-0.3, -0.25) is 0 Å². The van der Waals surface area contributed by atoms with E-state index in [4.69, 9.17) is 4.74 Å². The molecule has 2 nitrogen and oxygen atoms in total. The van der Waals surface area contributed by atoms with Crippen molar-refractivity contribution in [3.63, 3.8) is 0 Å². The lowest BCUT2D eigenvalue weighted by Gasteiger charge is -2.25. The van der Waals surface area contributed by atoms with Crippen molar-refractivity contribution in [2.45, 2.75) is 34.1 Å². The van der Waals surface area contributed by atoms with Gasteiger partial charge < -0.3 is 9.64 Å². The first kappa shape index (κ1) is 12.9. The molecule has 0 heterocycles. The van der Waals surface area contributed by atoms with E-state index in [-0.39, 0.29) is 0 Å². The Hall–Kier alpha value is -0.0800. The molecule has 0 aromatic carbocycles. The van der Waals surface area contributed by atoms with Crippen LogP contribution in [0.4, 0.5) is 0 Å². The van der Waals surface area contributed by atoms with Crippen molar-refractivity contribution >= 4 is 0 Å². The Morgan fingerprint density at radius 3 is 2.15 bits per heavy atom. The van der Waals surface area contributed by atoms with Crippen LogP contribution in [0.5, 0.6) is 0 Å². The third-order valence-corrected chi connectivity index (χ3v) is 2.24. The van der Waals surface area contributed by atoms with Gasteiger partial charge in [0.15, 0.2) is 0 Å². The number of likely N-dealkylation sites (N-methyl/N-ethyl adjacent to an activating group) is 1. The van der Waals surface area contributed by atoms with E-state index in [2.05, 4.69) is 32.6 Å². The first-order valence-electron chi connectivity index (χ1n) is 5.21. The van der Waals surface area contributed by atoms with Crippen molar-refractivity contribution in [2.24, 2.45) is 5.41 Å². The van der Waals surface area contributed by atoms with Gasteiger partial charge in [0.25, 0.3) is 0 Å². The lowest BCUT2D eigenvalue weighted by Crippen LogP contribution is -2.30. The van der Waals surface area contributed by atoms with Crippen molar-refractivity contribution in [3.8, 4) is 0 Å². The normalized spacial score (nSPS) is 12.5. The van der Waals surface area contributed by atoms with Gasteiger partial charge in [0.1, 0.15) is 0 Å². The van der Waals surface area contributed by atoms with Gasteiger partial charge in [-0.15, -0.1) is 0 Å². The molecule has 80 valence electrons. The summed E-state index contributed by atoms with van der Waals surface area (Å²) < 4.78 is 5.06. The zero-order valence-corrected chi connectivity index (χ0v) is 9.89. The van der Waals surface area contributed by atoms with Crippen LogP contribution in [0, 0.1) is 5.41 Å². The lowest BCUT2D eigenvalue weighted by atomic mass is 9.92. The predicted octanol–water partition coefficient (Wildman–Crippen LogP) is 2.39. The molecule has 0 aliphatic heterocycles. The van der Waals surface area contributed by atoms with Crippen LogP contribution in [0.3, 0.4) is 0 Å². The van der Waals surface area contributed by atoms with Gasteiger partial charge in [0.05, 0.1) is 6.61 Å². The van der Waals surface area contributed by atoms with Crippen LogP contribution in [-0.2, 0) is 4.74 Å². The minimum Gasteiger partial charge on any atom is -0.383 e. The van der Waals surface area contributed by atoms with Crippen LogP contribution < -0.4 is 0 Å². The minimum atomic E-state index is 0.445. The summed E-state index contributed by atoms with van der Waals surface area (Å²) in [4.78, 5) is 2.44. The van der Waals surface area contributed by atoms with E-state index in [0.29, 0.717) is 5.41 Å². The molecule has 0 saturated carbocycles. The van der Waals surface area contributed by atoms with Crippen LogP contribution in [0.15, 0.2) is 0 Å². The number of ether oxygens (including phenoxy) is 1. The SMILES string of the molecule is CCN(CCOC)CCC(C)(C)C. The van der Waals surface area contributed by atoms with E-state index in [1.807, 2.05) is 0 Å². The third kappa shape index (κ3) is 8.26. The quantitative estimate of drug-likeness (QED) is 0.633. The minimum absolute atomic E-state index is 0.445. The second kappa shape index (κ2) is 6.39. The molecule has 0 saturated heterocycles. The molecule has 0 aliphatic carbocycles. The fourth-order valence-corrected chi connectivity index (χ4v) is 1.14. The predicted molar refractivity (Wildman–Crippen MR) is 58.1 cm³/mol. The molecule has 2 heteroatoms. The van der Waals surface area contributed by atoms with E-state index in [1.165, 1.54) is 13.0 Å². The molecule has 0 aliphatic rings. The van der Waals surface area contributed by atoms with E-state index in [1.54, 1.807) is 7.11 Å². The molecule has 0 atom stereocenters. The van der Waals surface area contributed by atoms with Gasteiger partial charge in [-0.2, -0.15) is 0 Å². The molecule has 0 fully saturated rings. The number of hydrogen-bond donors (Lipinski definition) is 0. The fourth-order valence-electron chi connectivity index (χ4n) is 1.14. The van der Waals surface area contributed by atoms with Gasteiger partial charge in [-0.05, 0) is 24.9 Å². The maximum atomic E-state index is 5.06. The van der Waals surface area contributed by atoms with Crippen molar-refractivity contribution < 1.29 is 4.74 Å². The summed E-state index contributed by atoms with van der Waals surface area (Å²) in [6.07, 6.45) is 1.25. The van der Waals surface area contributed by atoms with Gasteiger partial charge in [-0.1, -0.05) is 27.7 Å². The number of nitrogens with zero attached hydrogens (tertiary/aromatic N) is 1. The highest BCUT2D eigenvalue weighted by Crippen LogP contribution is 2.18. The molecular weight excluding hydrogens is 162 g/mol. The van der Waals surface area contributed by atoms with E-state index in [9.17, 15) is 0 Å². The molecular formula is C11H25NO. The number of rotatable bonds is 6. The molecule has 0 aromatic heterocycles. The van der Waals surface area contributed by atoms with Gasteiger partial charge in [0.2, 0.25) is 0 Å². The molecule has 0 radical (unpaired) electrons. The molecule has 0 aromatic rings. The summed E-state index contributed by atoms with van der Waals surface area (Å²) in [7, 11) is 1.76. The highest BCUT2D eigenvalue weighted by Gasteiger charge is 2.11. The van der Waals surface area contributed by atoms with Crippen molar-refractivity contribution in [2.75, 3.05) is 33.4 Å². The van der Waals surface area contributed by atoms with Crippen LogP contribution in [0.25, 0.3) is 0 Å². The lowest BCUT2D eigenvalue weighted by molar-refractivity contribution is 0.142. The Morgan fingerprint density at radius 2 is 1.77 bits per heavy atom. The third-order valence-electron chi connectivity index (χ3n) is 2.24. The van der Waals surface area contributed by atoms with Gasteiger partial charge >= 0.3 is 0 Å². The summed E-state index contributed by atoms with van der Waals surface area (Å²) in [5, 5.41) is 0. The molecule has 0 amide bonds. The average Bonchev–Trinajstić information content (AvgIpc) is 2.03. The monoisotopic (exact) mass is 187 g/mol. The highest BCUT2D eigenvalue weighted by molar-refractivity contribution is 4.65. The standard InChI is InChI=1S/C11H25NO/c1-6-12(9-10-13-5)8-7-11(2,3)4/h6-10H2,1-5H3. The first-order chi connectivity index (χ1) is 5.99. The maximum absolute atomic E-state index is 5.06. The number of hydrogen-bond acceptors (Lipinski definition) is 2. The highest BCUT2D eigenvalue weighted by atomic mass is 16.5. The number of methoxy groups -OCH3 is 1. The van der Waals surface area contributed by atoms with Crippen molar-refractivity contribution in [1.29, 1.82) is 0 Å². The topological polar surface area (TPSA) is 12.5 Å². The largest absolute Gasteiger partial charge is 0.383 e. The van der Waals surface area contributed by atoms with E-state index < -0.39 is 0 Å². The van der Waals surface area contributed by atoms with Crippen LogP contribution >= 0.6 is 0 Å². The molecule has 0 spiro atoms. The summed E-state index contributed by atoms with van der Waals surface area (Å²) in [5.74, 6) is 0. The second-order valence-corrected chi connectivity index (χ2v) is 4.74. The smallest absolute Gasteiger partial charge is 0.0589 e. The van der Waals surface area contributed by atoms with Crippen LogP contribution in [0.1, 0.15) is 34.1 Å². The summed E-state index contributed by atoms with van der Waals surface area (Å²) >= 11 is 0. The van der Waals surface area contributed by atoms with Crippen LogP contribution in [-0.4, -0.2) is 38.3 Å². The first-order valence-corrected chi connectivity index (χ1v) is 5.21. The Bertz CT molecular complexity index is 118. The summed E-state index contributed by atoms with van der Waals surface area (Å²) in [5.41, 5.74) is 0.445. The second-order valence-electron chi connectivity index (χ2n) is 4.74. The molecule has 0 bridgehead atoms. The molecule has 0 N–H and O–H groups in total. The Balaban J connectivity index is 3.59. The molecule has 0 rings (SSSR count). The Morgan fingerprint density at radius 1 is 1.15 bits per heavy atom. The molecule has 0 unspecified atom stereocenters. The molecule has 13 heavy (non-hydrogen) atoms. The zero-order valence-electron chi connectivity index (χ0n) is 9.89. The van der Waals surface area contributed by atoms with Gasteiger partial charge in [-0.25, -0.2) is 0 Å². The average molecular weight is 187 g/mol. The summed E-state index contributed by atoms with van der Waals surface area (Å²) in [6.45, 7) is 13.3. The van der Waals surface area contributed by atoms with Crippen LogP contribution in [0.2, 0.25) is 0 Å². The fraction of sp³-hybridized carbons (Fsp3) is 1.00. The van der Waals surface area contributed by atoms with E-state index in [0.717, 1.165) is 19.7 Å². The zero-order chi connectivity index (χ0) is 10.3. The Kier molecular flexibility index (Phi) is 6.35. The van der Waals surface area contributed by atoms with Gasteiger partial charge in [0, 0.05) is 13.7 Å². The van der Waals surface area contributed by atoms with Crippen molar-refractivity contribution in [3.05, 3.63) is 0 Å².